The molecule has 0 aliphatic carbocycles. The highest BCUT2D eigenvalue weighted by Gasteiger charge is 2.13. The molecule has 0 spiro atoms. The van der Waals surface area contributed by atoms with E-state index in [9.17, 15) is 0 Å². The van der Waals surface area contributed by atoms with Crippen molar-refractivity contribution in [3.05, 3.63) is 59.7 Å². The van der Waals surface area contributed by atoms with E-state index in [1.165, 1.54) is 0 Å². The van der Waals surface area contributed by atoms with Gasteiger partial charge in [0.05, 0.1) is 17.0 Å². The number of aromatic nitrogens is 3. The molecule has 98 valence electrons. The molecule has 4 nitrogen and oxygen atoms in total. The number of hydrogen-bond acceptors (Lipinski definition) is 3. The van der Waals surface area contributed by atoms with E-state index in [-0.39, 0.29) is 0 Å². The lowest BCUT2D eigenvalue weighted by atomic mass is 10.2. The van der Waals surface area contributed by atoms with Gasteiger partial charge in [-0.2, -0.15) is 5.26 Å². The minimum atomic E-state index is 0.310. The number of imidazole rings is 1. The van der Waals surface area contributed by atoms with Crippen LogP contribution in [0.5, 0.6) is 0 Å². The van der Waals surface area contributed by atoms with Crippen LogP contribution in [-0.4, -0.2) is 14.5 Å². The number of nitriles is 1. The topological polar surface area (TPSA) is 54.5 Å². The summed E-state index contributed by atoms with van der Waals surface area (Å²) in [6.07, 6.45) is 3.52. The first-order valence-corrected chi connectivity index (χ1v) is 6.70. The summed E-state index contributed by atoms with van der Waals surface area (Å²) in [5.74, 6) is 1.08. The molecule has 0 aliphatic rings. The first-order valence-electron chi connectivity index (χ1n) is 6.16. The summed E-state index contributed by atoms with van der Waals surface area (Å²) in [4.78, 5) is 8.50. The summed E-state index contributed by atoms with van der Waals surface area (Å²) >= 11 is 5.99. The van der Waals surface area contributed by atoms with Crippen LogP contribution in [0.15, 0.2) is 42.7 Å². The van der Waals surface area contributed by atoms with E-state index in [4.69, 9.17) is 16.9 Å². The molecule has 2 aromatic heterocycles. The van der Waals surface area contributed by atoms with Crippen LogP contribution < -0.4 is 0 Å². The van der Waals surface area contributed by atoms with Crippen LogP contribution >= 0.6 is 11.6 Å². The van der Waals surface area contributed by atoms with E-state index in [2.05, 4.69) is 16.0 Å². The fraction of sp³-hybridized carbons (Fsp3) is 0.133. The van der Waals surface area contributed by atoms with Crippen LogP contribution in [-0.2, 0) is 12.4 Å². The number of halogens is 1. The van der Waals surface area contributed by atoms with Crippen LogP contribution in [0.2, 0.25) is 0 Å². The van der Waals surface area contributed by atoms with Crippen LogP contribution in [0.4, 0.5) is 0 Å². The molecule has 0 bridgehead atoms. The first-order chi connectivity index (χ1) is 9.83. The molecule has 3 aromatic rings. The maximum atomic E-state index is 9.16. The standard InChI is InChI=1S/C15H11ClN4/c16-8-14-19-15-12(9-17)2-1-3-13(15)20(14)10-11-4-6-18-7-5-11/h1-7H,8,10H2. The quantitative estimate of drug-likeness (QED) is 0.694. The Hall–Kier alpha value is -2.38. The Labute approximate surface area is 121 Å². The number of alkyl halides is 1. The Morgan fingerprint density at radius 3 is 2.70 bits per heavy atom. The van der Waals surface area contributed by atoms with Gasteiger partial charge in [0.25, 0.3) is 0 Å². The summed E-state index contributed by atoms with van der Waals surface area (Å²) in [6.45, 7) is 0.663. The molecule has 20 heavy (non-hydrogen) atoms. The van der Waals surface area contributed by atoms with E-state index in [1.54, 1.807) is 18.5 Å². The van der Waals surface area contributed by atoms with Crippen LogP contribution in [0.1, 0.15) is 17.0 Å². The molecule has 0 atom stereocenters. The molecule has 0 fully saturated rings. The summed E-state index contributed by atoms with van der Waals surface area (Å²) in [5, 5.41) is 9.16. The molecule has 0 N–H and O–H groups in total. The average Bonchev–Trinajstić information content (AvgIpc) is 2.86. The second kappa shape index (κ2) is 5.32. The van der Waals surface area contributed by atoms with Crippen molar-refractivity contribution in [3.8, 4) is 6.07 Å². The molecular formula is C15H11ClN4. The highest BCUT2D eigenvalue weighted by Crippen LogP contribution is 2.22. The second-order valence-corrected chi connectivity index (χ2v) is 4.66. The van der Waals surface area contributed by atoms with Crippen molar-refractivity contribution >= 4 is 22.6 Å². The number of fused-ring (bicyclic) bond motifs is 1. The molecule has 0 amide bonds. The Bertz CT molecular complexity index is 787. The maximum absolute atomic E-state index is 9.16. The minimum absolute atomic E-state index is 0.310. The summed E-state index contributed by atoms with van der Waals surface area (Å²) in [5.41, 5.74) is 3.33. The summed E-state index contributed by atoms with van der Waals surface area (Å²) in [6, 6.07) is 11.7. The Morgan fingerprint density at radius 1 is 1.20 bits per heavy atom. The molecule has 0 saturated heterocycles. The maximum Gasteiger partial charge on any atom is 0.125 e. The molecule has 5 heteroatoms. The predicted molar refractivity (Wildman–Crippen MR) is 77.3 cm³/mol. The second-order valence-electron chi connectivity index (χ2n) is 4.39. The molecule has 2 heterocycles. The smallest absolute Gasteiger partial charge is 0.125 e. The van der Waals surface area contributed by atoms with Gasteiger partial charge in [-0.1, -0.05) is 6.07 Å². The lowest BCUT2D eigenvalue weighted by molar-refractivity contribution is 0.777. The Kier molecular flexibility index (Phi) is 3.36. The van der Waals surface area contributed by atoms with Gasteiger partial charge in [-0.15, -0.1) is 11.6 Å². The third-order valence-electron chi connectivity index (χ3n) is 3.19. The zero-order chi connectivity index (χ0) is 13.9. The van der Waals surface area contributed by atoms with Crippen molar-refractivity contribution < 1.29 is 0 Å². The van der Waals surface area contributed by atoms with Gasteiger partial charge in [-0.25, -0.2) is 4.98 Å². The number of benzene rings is 1. The monoisotopic (exact) mass is 282 g/mol. The van der Waals surface area contributed by atoms with Crippen molar-refractivity contribution in [2.45, 2.75) is 12.4 Å². The average molecular weight is 283 g/mol. The van der Waals surface area contributed by atoms with Gasteiger partial charge in [0.15, 0.2) is 0 Å². The van der Waals surface area contributed by atoms with Gasteiger partial charge in [0.2, 0.25) is 0 Å². The normalized spacial score (nSPS) is 10.6. The van der Waals surface area contributed by atoms with Crippen molar-refractivity contribution in [3.63, 3.8) is 0 Å². The fourth-order valence-electron chi connectivity index (χ4n) is 2.23. The van der Waals surface area contributed by atoms with Crippen molar-refractivity contribution in [1.82, 2.24) is 14.5 Å². The van der Waals surface area contributed by atoms with E-state index in [1.807, 2.05) is 28.8 Å². The fourth-order valence-corrected chi connectivity index (χ4v) is 2.44. The third-order valence-corrected chi connectivity index (χ3v) is 3.43. The molecule has 0 radical (unpaired) electrons. The molecule has 3 rings (SSSR count). The van der Waals surface area contributed by atoms with Gasteiger partial charge >= 0.3 is 0 Å². The SMILES string of the molecule is N#Cc1cccc2c1nc(CCl)n2Cc1ccncc1. The van der Waals surface area contributed by atoms with Gasteiger partial charge < -0.3 is 4.57 Å². The van der Waals surface area contributed by atoms with Crippen LogP contribution in [0.3, 0.4) is 0 Å². The number of para-hydroxylation sites is 1. The van der Waals surface area contributed by atoms with E-state index in [0.29, 0.717) is 23.5 Å². The number of pyridine rings is 1. The summed E-state index contributed by atoms with van der Waals surface area (Å²) < 4.78 is 2.04. The molecule has 1 aromatic carbocycles. The molecule has 0 unspecified atom stereocenters. The number of nitrogens with zero attached hydrogens (tertiary/aromatic N) is 4. The van der Waals surface area contributed by atoms with E-state index >= 15 is 0 Å². The van der Waals surface area contributed by atoms with Gasteiger partial charge in [-0.05, 0) is 29.8 Å². The first kappa shape index (κ1) is 12.6. The van der Waals surface area contributed by atoms with Crippen LogP contribution in [0, 0.1) is 11.3 Å². The Balaban J connectivity index is 2.17. The van der Waals surface area contributed by atoms with Gasteiger partial charge in [0.1, 0.15) is 17.4 Å². The zero-order valence-corrected chi connectivity index (χ0v) is 11.4. The van der Waals surface area contributed by atoms with Crippen LogP contribution in [0.25, 0.3) is 11.0 Å². The third kappa shape index (κ3) is 2.13. The van der Waals surface area contributed by atoms with Gasteiger partial charge in [-0.3, -0.25) is 4.98 Å². The van der Waals surface area contributed by atoms with Crippen molar-refractivity contribution in [2.24, 2.45) is 0 Å². The molecular weight excluding hydrogens is 272 g/mol. The number of hydrogen-bond donors (Lipinski definition) is 0. The summed E-state index contributed by atoms with van der Waals surface area (Å²) in [7, 11) is 0. The largest absolute Gasteiger partial charge is 0.322 e. The van der Waals surface area contributed by atoms with Gasteiger partial charge in [0, 0.05) is 18.9 Å². The molecule has 0 saturated carbocycles. The lowest BCUT2D eigenvalue weighted by Crippen LogP contribution is -2.03. The van der Waals surface area contributed by atoms with Crippen molar-refractivity contribution in [2.75, 3.05) is 0 Å². The lowest BCUT2D eigenvalue weighted by Gasteiger charge is -2.07. The molecule has 0 aliphatic heterocycles. The zero-order valence-electron chi connectivity index (χ0n) is 10.6. The predicted octanol–water partition coefficient (Wildman–Crippen LogP) is 3.09. The Morgan fingerprint density at radius 2 is 2.00 bits per heavy atom. The van der Waals surface area contributed by atoms with E-state index < -0.39 is 0 Å². The van der Waals surface area contributed by atoms with Crippen molar-refractivity contribution in [1.29, 1.82) is 5.26 Å². The minimum Gasteiger partial charge on any atom is -0.322 e. The number of rotatable bonds is 3. The highest BCUT2D eigenvalue weighted by atomic mass is 35.5. The van der Waals surface area contributed by atoms with E-state index in [0.717, 1.165) is 16.9 Å². The highest BCUT2D eigenvalue weighted by molar-refractivity contribution is 6.16.